The smallest absolute Gasteiger partial charge is 0.110 e. The van der Waals surface area contributed by atoms with Crippen LogP contribution in [0.25, 0.3) is 0 Å². The predicted molar refractivity (Wildman–Crippen MR) is 107 cm³/mol. The first-order valence-corrected chi connectivity index (χ1v) is 10.7. The van der Waals surface area contributed by atoms with Gasteiger partial charge in [-0.15, -0.1) is 11.8 Å². The van der Waals surface area contributed by atoms with Crippen molar-refractivity contribution in [2.45, 2.75) is 6.42 Å². The van der Waals surface area contributed by atoms with Gasteiger partial charge in [-0.1, -0.05) is 31.9 Å². The average molecular weight is 453 g/mol. The summed E-state index contributed by atoms with van der Waals surface area (Å²) in [6, 6.07) is 8.04. The molecule has 1 rings (SSSR count). The zero-order valence-corrected chi connectivity index (χ0v) is 17.4. The zero-order chi connectivity index (χ0) is 16.6. The van der Waals surface area contributed by atoms with Gasteiger partial charge in [-0.3, -0.25) is 0 Å². The Hall–Kier alpha value is -0.370. The molecular formula is C15H25Br2N4S+. The van der Waals surface area contributed by atoms with E-state index in [0.29, 0.717) is 5.88 Å². The summed E-state index contributed by atoms with van der Waals surface area (Å²) in [5.41, 5.74) is 2.06. The lowest BCUT2D eigenvalue weighted by atomic mass is 10.3. The standard InChI is InChI=1S/C14H21BrN4S.CH3Br/c1-19(2)14-6-4-13(5-7-14)18-17-12-20-11-10-16-9-3-8-15;1-2/h4-7,10-11,16H,3,8-9,12H2,1-2H3;1H3/p+1/b11-10-,18-17?;. The maximum Gasteiger partial charge on any atom is 0.110 e. The first-order valence-electron chi connectivity index (χ1n) is 6.92. The normalized spacial score (nSPS) is 10.8. The third-order valence-corrected chi connectivity index (χ3v) is 3.67. The van der Waals surface area contributed by atoms with Gasteiger partial charge < -0.3 is 10.2 Å². The van der Waals surface area contributed by atoms with Crippen LogP contribution in [-0.2, 0) is 0 Å². The highest BCUT2D eigenvalue weighted by atomic mass is 79.9. The van der Waals surface area contributed by atoms with E-state index in [0.717, 1.165) is 17.6 Å². The minimum Gasteiger partial charge on any atom is -0.378 e. The van der Waals surface area contributed by atoms with Crippen LogP contribution in [0, 0.1) is 0 Å². The van der Waals surface area contributed by atoms with Gasteiger partial charge >= 0.3 is 0 Å². The van der Waals surface area contributed by atoms with Crippen LogP contribution in [0.4, 0.5) is 11.4 Å². The molecule has 0 aromatic heterocycles. The number of benzene rings is 1. The van der Waals surface area contributed by atoms with E-state index in [-0.39, 0.29) is 0 Å². The number of rotatable bonds is 9. The molecule has 1 aromatic rings. The van der Waals surface area contributed by atoms with E-state index in [2.05, 4.69) is 63.9 Å². The van der Waals surface area contributed by atoms with Gasteiger partial charge in [-0.05, 0) is 30.1 Å². The lowest BCUT2D eigenvalue weighted by molar-refractivity contribution is -0.587. The molecule has 124 valence electrons. The largest absolute Gasteiger partial charge is 0.378 e. The van der Waals surface area contributed by atoms with Crippen molar-refractivity contribution in [3.63, 3.8) is 0 Å². The highest BCUT2D eigenvalue weighted by molar-refractivity contribution is 9.09. The van der Waals surface area contributed by atoms with E-state index >= 15 is 0 Å². The molecule has 0 aliphatic rings. The summed E-state index contributed by atoms with van der Waals surface area (Å²) in [5.74, 6) is 2.46. The summed E-state index contributed by atoms with van der Waals surface area (Å²) in [6.45, 7) is 1.11. The van der Waals surface area contributed by atoms with Crippen LogP contribution in [-0.4, -0.2) is 37.7 Å². The topological polar surface area (TPSA) is 44.6 Å². The van der Waals surface area contributed by atoms with E-state index in [9.17, 15) is 0 Å². The maximum atomic E-state index is 4.19. The van der Waals surface area contributed by atoms with Crippen LogP contribution in [0.15, 0.2) is 46.1 Å². The number of halogens is 2. The Labute approximate surface area is 155 Å². The summed E-state index contributed by atoms with van der Waals surface area (Å²) >= 11 is 7.99. The van der Waals surface area contributed by atoms with Gasteiger partial charge in [0.25, 0.3) is 0 Å². The molecule has 0 unspecified atom stereocenters. The molecule has 0 heterocycles. The number of nitrogens with two attached hydrogens (primary N) is 1. The molecule has 0 fully saturated rings. The van der Waals surface area contributed by atoms with Crippen molar-refractivity contribution in [1.29, 1.82) is 0 Å². The highest BCUT2D eigenvalue weighted by Gasteiger charge is 1.94. The van der Waals surface area contributed by atoms with Crippen molar-refractivity contribution in [3.8, 4) is 0 Å². The van der Waals surface area contributed by atoms with Gasteiger partial charge in [0.05, 0.1) is 18.4 Å². The summed E-state index contributed by atoms with van der Waals surface area (Å²) < 4.78 is 0. The maximum absolute atomic E-state index is 4.19. The first kappa shape index (κ1) is 21.6. The van der Waals surface area contributed by atoms with Gasteiger partial charge in [0.2, 0.25) is 0 Å². The van der Waals surface area contributed by atoms with Crippen LogP contribution >= 0.6 is 43.6 Å². The van der Waals surface area contributed by atoms with Crippen LogP contribution in [0.3, 0.4) is 0 Å². The molecule has 22 heavy (non-hydrogen) atoms. The Morgan fingerprint density at radius 1 is 1.23 bits per heavy atom. The number of azo groups is 1. The summed E-state index contributed by atoms with van der Waals surface area (Å²) in [5, 5.41) is 13.6. The number of thioether (sulfide) groups is 1. The number of anilines is 1. The van der Waals surface area contributed by atoms with Crippen LogP contribution in [0.1, 0.15) is 6.42 Å². The van der Waals surface area contributed by atoms with E-state index in [1.165, 1.54) is 12.1 Å². The fourth-order valence-electron chi connectivity index (χ4n) is 1.41. The molecule has 0 aliphatic heterocycles. The number of alkyl halides is 2. The van der Waals surface area contributed by atoms with Gasteiger partial charge in [-0.2, -0.15) is 10.2 Å². The lowest BCUT2D eigenvalue weighted by Crippen LogP contribution is -2.78. The Morgan fingerprint density at radius 2 is 1.91 bits per heavy atom. The molecule has 7 heteroatoms. The van der Waals surface area contributed by atoms with Crippen molar-refractivity contribution in [2.75, 3.05) is 42.6 Å². The van der Waals surface area contributed by atoms with Crippen molar-refractivity contribution >= 4 is 55.0 Å². The van der Waals surface area contributed by atoms with Crippen LogP contribution < -0.4 is 10.2 Å². The minimum absolute atomic E-state index is 0.651. The second-order valence-electron chi connectivity index (χ2n) is 4.34. The highest BCUT2D eigenvalue weighted by Crippen LogP contribution is 2.18. The van der Waals surface area contributed by atoms with Gasteiger partial charge in [0.1, 0.15) is 5.88 Å². The monoisotopic (exact) mass is 451 g/mol. The molecule has 0 saturated carbocycles. The average Bonchev–Trinajstić information content (AvgIpc) is 2.55. The third kappa shape index (κ3) is 11.2. The molecule has 0 radical (unpaired) electrons. The molecular weight excluding hydrogens is 428 g/mol. The fourth-order valence-corrected chi connectivity index (χ4v) is 2.16. The molecule has 0 bridgehead atoms. The molecule has 1 aromatic carbocycles. The SMILES string of the molecule is CBr.CN(C)c1ccc(N=NCS/C=C\[NH2+]CCCBr)cc1. The third-order valence-electron chi connectivity index (χ3n) is 2.50. The van der Waals surface area contributed by atoms with Crippen molar-refractivity contribution < 1.29 is 5.32 Å². The summed E-state index contributed by atoms with van der Waals surface area (Å²) in [6.07, 6.45) is 3.26. The second-order valence-corrected chi connectivity index (χ2v) is 6.00. The lowest BCUT2D eigenvalue weighted by Gasteiger charge is -2.11. The Morgan fingerprint density at radius 3 is 2.50 bits per heavy atom. The molecule has 0 saturated heterocycles. The van der Waals surface area contributed by atoms with Crippen molar-refractivity contribution in [2.24, 2.45) is 10.2 Å². The van der Waals surface area contributed by atoms with E-state index < -0.39 is 0 Å². The number of hydrogen-bond donors (Lipinski definition) is 1. The van der Waals surface area contributed by atoms with E-state index in [4.69, 9.17) is 0 Å². The molecule has 0 aliphatic carbocycles. The van der Waals surface area contributed by atoms with Gasteiger partial charge in [-0.25, -0.2) is 0 Å². The Bertz CT molecular complexity index is 422. The molecule has 2 N–H and O–H groups in total. The second kappa shape index (κ2) is 15.5. The van der Waals surface area contributed by atoms with E-state index in [1.54, 1.807) is 11.8 Å². The van der Waals surface area contributed by atoms with Crippen LogP contribution in [0.2, 0.25) is 0 Å². The molecule has 0 atom stereocenters. The quantitative estimate of drug-likeness (QED) is 0.343. The number of quaternary nitrogens is 1. The molecule has 0 spiro atoms. The summed E-state index contributed by atoms with van der Waals surface area (Å²) in [7, 11) is 4.04. The Kier molecular flexibility index (Phi) is 15.3. The number of nitrogens with zero attached hydrogens (tertiary/aromatic N) is 3. The molecule has 0 amide bonds. The predicted octanol–water partition coefficient (Wildman–Crippen LogP) is 4.36. The van der Waals surface area contributed by atoms with Crippen molar-refractivity contribution in [3.05, 3.63) is 35.9 Å². The minimum atomic E-state index is 0.651. The summed E-state index contributed by atoms with van der Waals surface area (Å²) in [4.78, 5) is 2.06. The Balaban J connectivity index is 0.00000211. The van der Waals surface area contributed by atoms with Crippen LogP contribution in [0.5, 0.6) is 0 Å². The fraction of sp³-hybridized carbons (Fsp3) is 0.467. The van der Waals surface area contributed by atoms with Crippen molar-refractivity contribution in [1.82, 2.24) is 0 Å². The first-order chi connectivity index (χ1) is 10.7. The molecule has 4 nitrogen and oxygen atoms in total. The van der Waals surface area contributed by atoms with E-state index in [1.807, 2.05) is 44.2 Å². The number of hydrogen-bond acceptors (Lipinski definition) is 4. The zero-order valence-electron chi connectivity index (χ0n) is 13.4. The van der Waals surface area contributed by atoms with Gasteiger partial charge in [0.15, 0.2) is 0 Å². The van der Waals surface area contributed by atoms with Gasteiger partial charge in [0, 0.05) is 36.9 Å².